The highest BCUT2D eigenvalue weighted by Gasteiger charge is 2.31. The highest BCUT2D eigenvalue weighted by Crippen LogP contribution is 2.39. The number of carbonyl (C=O) groups excluding carboxylic acids is 1. The molecule has 2 heterocycles. The van der Waals surface area contributed by atoms with Gasteiger partial charge in [-0.05, 0) is 70.8 Å². The Kier molecular flexibility index (Phi) is 7.08. The summed E-state index contributed by atoms with van der Waals surface area (Å²) in [5, 5.41) is 6.37. The largest absolute Gasteiger partial charge is 0.439 e. The maximum absolute atomic E-state index is 13.0. The smallest absolute Gasteiger partial charge is 0.416 e. The molecule has 0 fully saturated rings. The average Bonchev–Trinajstić information content (AvgIpc) is 2.92. The summed E-state index contributed by atoms with van der Waals surface area (Å²) in [6.45, 7) is 3.48. The zero-order valence-electron chi connectivity index (χ0n) is 20.2. The molecular weight excluding hydrogens is 529 g/mol. The van der Waals surface area contributed by atoms with E-state index in [2.05, 4.69) is 27.2 Å². The van der Waals surface area contributed by atoms with Crippen molar-refractivity contribution in [3.63, 3.8) is 0 Å². The van der Waals surface area contributed by atoms with Crippen LogP contribution in [-0.2, 0) is 11.0 Å². The van der Waals surface area contributed by atoms with E-state index in [1.807, 2.05) is 30.4 Å². The highest BCUT2D eigenvalue weighted by molar-refractivity contribution is 6.32. The third-order valence-electron chi connectivity index (χ3n) is 6.00. The number of amides is 1. The molecule has 5 rings (SSSR count). The van der Waals surface area contributed by atoms with Gasteiger partial charge in [-0.2, -0.15) is 13.2 Å². The van der Waals surface area contributed by atoms with Gasteiger partial charge >= 0.3 is 6.18 Å². The molecule has 0 spiro atoms. The number of hydrogen-bond donors (Lipinski definition) is 2. The summed E-state index contributed by atoms with van der Waals surface area (Å²) in [7, 11) is 0. The third-order valence-corrected chi connectivity index (χ3v) is 6.31. The second kappa shape index (κ2) is 10.6. The first kappa shape index (κ1) is 26.0. The van der Waals surface area contributed by atoms with Gasteiger partial charge in [-0.1, -0.05) is 30.3 Å². The fourth-order valence-electron chi connectivity index (χ4n) is 4.20. The van der Waals surface area contributed by atoms with Crippen molar-refractivity contribution in [1.82, 2.24) is 10.3 Å². The lowest BCUT2D eigenvalue weighted by atomic mass is 9.84. The molecule has 1 atom stereocenters. The van der Waals surface area contributed by atoms with Gasteiger partial charge in [-0.25, -0.2) is 9.98 Å². The molecule has 39 heavy (non-hydrogen) atoms. The van der Waals surface area contributed by atoms with E-state index in [0.717, 1.165) is 40.6 Å². The number of carbonyl (C=O) groups is 1. The number of aromatic nitrogens is 1. The average molecular weight is 549 g/mol. The topological polar surface area (TPSA) is 75.6 Å². The fourth-order valence-corrected chi connectivity index (χ4v) is 4.48. The summed E-state index contributed by atoms with van der Waals surface area (Å²) in [6, 6.07) is 13.8. The molecule has 0 saturated carbocycles. The van der Waals surface area contributed by atoms with E-state index in [4.69, 9.17) is 16.3 Å². The highest BCUT2D eigenvalue weighted by atomic mass is 35.5. The van der Waals surface area contributed by atoms with Gasteiger partial charge in [-0.15, -0.1) is 0 Å². The third kappa shape index (κ3) is 5.78. The first-order valence-corrected chi connectivity index (χ1v) is 12.0. The molecule has 2 aliphatic rings. The molecule has 1 aromatic heterocycles. The molecule has 0 saturated heterocycles. The van der Waals surface area contributed by atoms with Crippen molar-refractivity contribution in [3.8, 4) is 11.6 Å². The Morgan fingerprint density at radius 3 is 2.74 bits per heavy atom. The van der Waals surface area contributed by atoms with Crippen LogP contribution in [0, 0.1) is 0 Å². The predicted octanol–water partition coefficient (Wildman–Crippen LogP) is 7.04. The number of fused-ring (bicyclic) bond motifs is 1. The van der Waals surface area contributed by atoms with Crippen molar-refractivity contribution in [1.29, 1.82) is 0 Å². The Balaban J connectivity index is 1.47. The van der Waals surface area contributed by atoms with Gasteiger partial charge in [0.15, 0.2) is 0 Å². The van der Waals surface area contributed by atoms with Crippen molar-refractivity contribution < 1.29 is 22.7 Å². The second-order valence-electron chi connectivity index (χ2n) is 8.60. The van der Waals surface area contributed by atoms with E-state index in [9.17, 15) is 18.0 Å². The Bertz CT molecular complexity index is 1590. The molecular formula is C29H20ClF3N4O2. The van der Waals surface area contributed by atoms with E-state index >= 15 is 0 Å². The van der Waals surface area contributed by atoms with Gasteiger partial charge in [0.2, 0.25) is 11.8 Å². The lowest BCUT2D eigenvalue weighted by Crippen LogP contribution is -2.34. The Labute approximate surface area is 226 Å². The summed E-state index contributed by atoms with van der Waals surface area (Å²) in [5.41, 5.74) is 3.92. The van der Waals surface area contributed by atoms with E-state index in [0.29, 0.717) is 16.3 Å². The number of pyridine rings is 1. The molecule has 0 radical (unpaired) electrons. The van der Waals surface area contributed by atoms with Gasteiger partial charge in [0, 0.05) is 35.8 Å². The number of ether oxygens (including phenoxy) is 1. The van der Waals surface area contributed by atoms with E-state index < -0.39 is 11.7 Å². The first-order chi connectivity index (χ1) is 18.7. The minimum absolute atomic E-state index is 0.176. The maximum Gasteiger partial charge on any atom is 0.416 e. The predicted molar refractivity (Wildman–Crippen MR) is 145 cm³/mol. The molecule has 2 aromatic carbocycles. The van der Waals surface area contributed by atoms with Crippen molar-refractivity contribution in [2.24, 2.45) is 4.99 Å². The van der Waals surface area contributed by atoms with Gasteiger partial charge in [0.05, 0.1) is 23.0 Å². The van der Waals surface area contributed by atoms with E-state index in [-0.39, 0.29) is 23.6 Å². The molecule has 1 aliphatic heterocycles. The number of nitrogens with zero attached hydrogens (tertiary/aromatic N) is 2. The van der Waals surface area contributed by atoms with Crippen LogP contribution in [0.4, 0.5) is 18.9 Å². The monoisotopic (exact) mass is 548 g/mol. The number of nitrogens with one attached hydrogen (secondary N) is 2. The van der Waals surface area contributed by atoms with Crippen LogP contribution in [0.15, 0.2) is 102 Å². The fraction of sp³-hybridized carbons (Fsp3) is 0.0690. The van der Waals surface area contributed by atoms with E-state index in [1.165, 1.54) is 12.1 Å². The number of anilines is 1. The van der Waals surface area contributed by atoms with Crippen molar-refractivity contribution >= 4 is 40.7 Å². The van der Waals surface area contributed by atoms with Gasteiger partial charge in [0.25, 0.3) is 0 Å². The Morgan fingerprint density at radius 2 is 1.97 bits per heavy atom. The van der Waals surface area contributed by atoms with Crippen molar-refractivity contribution in [3.05, 3.63) is 119 Å². The molecule has 6 nitrogen and oxygen atoms in total. The summed E-state index contributed by atoms with van der Waals surface area (Å²) < 4.78 is 44.7. The molecule has 2 N–H and O–H groups in total. The van der Waals surface area contributed by atoms with Gasteiger partial charge < -0.3 is 15.4 Å². The zero-order chi connectivity index (χ0) is 27.6. The van der Waals surface area contributed by atoms with Gasteiger partial charge in [0.1, 0.15) is 5.75 Å². The van der Waals surface area contributed by atoms with E-state index in [1.54, 1.807) is 30.7 Å². The normalized spacial score (nSPS) is 16.2. The van der Waals surface area contributed by atoms with Crippen LogP contribution in [0.5, 0.6) is 11.6 Å². The molecule has 3 aromatic rings. The minimum atomic E-state index is -4.51. The van der Waals surface area contributed by atoms with Crippen LogP contribution < -0.4 is 15.4 Å². The molecule has 1 amide bonds. The molecule has 196 valence electrons. The van der Waals surface area contributed by atoms with Crippen LogP contribution in [0.25, 0.3) is 11.1 Å². The van der Waals surface area contributed by atoms with Crippen LogP contribution in [0.1, 0.15) is 16.7 Å². The number of alkyl halides is 3. The van der Waals surface area contributed by atoms with Crippen LogP contribution >= 0.6 is 11.6 Å². The Hall–Kier alpha value is -4.63. The molecule has 1 unspecified atom stereocenters. The number of hydrogen-bond acceptors (Lipinski definition) is 5. The minimum Gasteiger partial charge on any atom is -0.439 e. The number of benzene rings is 2. The first-order valence-electron chi connectivity index (χ1n) is 11.7. The Morgan fingerprint density at radius 1 is 1.13 bits per heavy atom. The maximum atomic E-state index is 13.0. The van der Waals surface area contributed by atoms with Crippen LogP contribution in [0.2, 0.25) is 5.02 Å². The van der Waals surface area contributed by atoms with Gasteiger partial charge in [-0.3, -0.25) is 4.79 Å². The molecule has 0 bridgehead atoms. The summed E-state index contributed by atoms with van der Waals surface area (Å²) >= 11 is 6.63. The quantitative estimate of drug-likeness (QED) is 0.324. The standard InChI is InChI=1S/C29H20ClF3N4O2/c1-2-26(38)37-21-5-3-4-17(11-21)24-12-18(10-19-15-34-16-36-28(19)24)23-7-6-22(14-25(23)30)39-27-13-20(8-9-35-27)29(31,32)33/h2-16,28H,1H2,(H,34,36)(H,37,38). The van der Waals surface area contributed by atoms with Crippen molar-refractivity contribution in [2.45, 2.75) is 12.2 Å². The molecule has 1 aliphatic carbocycles. The van der Waals surface area contributed by atoms with Crippen LogP contribution in [-0.4, -0.2) is 23.3 Å². The number of allylic oxidation sites excluding steroid dienone is 2. The lowest BCUT2D eigenvalue weighted by molar-refractivity contribution is -0.137. The SMILES string of the molecule is C=CC(=O)Nc1cccc(C2=CC(c3ccc(Oc4cc(C(F)(F)F)ccn4)cc3Cl)=CC3=CN=CNC32)c1. The summed E-state index contributed by atoms with van der Waals surface area (Å²) in [4.78, 5) is 19.9. The number of aliphatic imine (C=N–C) groups is 1. The van der Waals surface area contributed by atoms with Crippen molar-refractivity contribution in [2.75, 3.05) is 5.32 Å². The number of halogens is 4. The zero-order valence-corrected chi connectivity index (χ0v) is 20.9. The number of rotatable bonds is 6. The molecule has 10 heteroatoms. The summed E-state index contributed by atoms with van der Waals surface area (Å²) in [6.07, 6.45) is 5.03. The lowest BCUT2D eigenvalue weighted by Gasteiger charge is -2.29. The second-order valence-corrected chi connectivity index (χ2v) is 9.01. The summed E-state index contributed by atoms with van der Waals surface area (Å²) in [5.74, 6) is -0.276. The van der Waals surface area contributed by atoms with Crippen LogP contribution in [0.3, 0.4) is 0 Å².